The Bertz CT molecular complexity index is 1160. The van der Waals surface area contributed by atoms with Crippen molar-refractivity contribution in [3.8, 4) is 0 Å². The molecule has 0 aliphatic carbocycles. The molecule has 3 rings (SSSR count). The number of hydrogen-bond acceptors (Lipinski definition) is 12. The first-order chi connectivity index (χ1) is 14.6. The molecule has 1 aliphatic heterocycles. The third-order valence-electron chi connectivity index (χ3n) is 3.95. The molecule has 2 aromatic rings. The number of alkyl halides is 1. The van der Waals surface area contributed by atoms with Gasteiger partial charge >= 0.3 is 23.5 Å². The molecule has 2 aromatic heterocycles. The highest BCUT2D eigenvalue weighted by Crippen LogP contribution is 2.66. The second kappa shape index (κ2) is 8.76. The zero-order chi connectivity index (χ0) is 24.1. The predicted molar refractivity (Wildman–Crippen MR) is 99.1 cm³/mol. The number of phosphoric acid groups is 3. The number of imidazole rings is 1. The molecule has 1 fully saturated rings. The van der Waals surface area contributed by atoms with Gasteiger partial charge in [-0.15, -0.1) is 0 Å². The van der Waals surface area contributed by atoms with E-state index < -0.39 is 54.7 Å². The summed E-state index contributed by atoms with van der Waals surface area (Å²) in [7, 11) is -16.8. The quantitative estimate of drug-likeness (QED) is 0.242. The highest BCUT2D eigenvalue weighted by Gasteiger charge is 2.48. The molecule has 1 aliphatic rings. The first-order valence-electron chi connectivity index (χ1n) is 8.31. The molecule has 17 nitrogen and oxygen atoms in total. The third kappa shape index (κ3) is 5.75. The van der Waals surface area contributed by atoms with Gasteiger partial charge in [-0.25, -0.2) is 33.0 Å². The van der Waals surface area contributed by atoms with E-state index >= 15 is 0 Å². The van der Waals surface area contributed by atoms with Crippen LogP contribution in [-0.2, 0) is 31.6 Å². The largest absolute Gasteiger partial charge is 0.490 e. The molecule has 0 saturated carbocycles. The Labute approximate surface area is 177 Å². The number of aromatic nitrogens is 4. The molecule has 0 aromatic carbocycles. The Hall–Kier alpha value is -1.39. The maximum Gasteiger partial charge on any atom is 0.490 e. The molecule has 0 bridgehead atoms. The van der Waals surface area contributed by atoms with E-state index in [9.17, 15) is 28.1 Å². The van der Waals surface area contributed by atoms with Crippen LogP contribution in [0.1, 0.15) is 12.1 Å². The van der Waals surface area contributed by atoms with Gasteiger partial charge in [-0.2, -0.15) is 8.62 Å². The molecule has 2 unspecified atom stereocenters. The fourth-order valence-electron chi connectivity index (χ4n) is 2.77. The summed E-state index contributed by atoms with van der Waals surface area (Å²) in [6.45, 7) is 0.487. The van der Waals surface area contributed by atoms with Gasteiger partial charge in [0.05, 0.1) is 12.9 Å². The molecule has 6 atom stereocenters. The number of hydrogen-bond donors (Lipinski definition) is 6. The molecule has 1 saturated heterocycles. The van der Waals surface area contributed by atoms with Gasteiger partial charge in [0.15, 0.2) is 23.9 Å². The van der Waals surface area contributed by atoms with Crippen LogP contribution in [0.4, 0.5) is 10.2 Å². The summed E-state index contributed by atoms with van der Waals surface area (Å²) in [4.78, 5) is 47.5. The van der Waals surface area contributed by atoms with Crippen molar-refractivity contribution in [2.24, 2.45) is 0 Å². The van der Waals surface area contributed by atoms with Crippen LogP contribution < -0.4 is 5.73 Å². The summed E-state index contributed by atoms with van der Waals surface area (Å²) >= 11 is 0. The second-order valence-corrected chi connectivity index (χ2v) is 10.8. The number of nitrogens with two attached hydrogens (primary N) is 1. The van der Waals surface area contributed by atoms with Gasteiger partial charge in [-0.05, 0) is 6.92 Å². The molecule has 32 heavy (non-hydrogen) atoms. The van der Waals surface area contributed by atoms with E-state index in [4.69, 9.17) is 25.2 Å². The molecule has 0 radical (unpaired) electrons. The van der Waals surface area contributed by atoms with Crippen molar-refractivity contribution in [1.29, 1.82) is 0 Å². The van der Waals surface area contributed by atoms with E-state index in [1.807, 2.05) is 0 Å². The summed E-state index contributed by atoms with van der Waals surface area (Å²) < 4.78 is 66.3. The third-order valence-corrected chi connectivity index (χ3v) is 7.75. The van der Waals surface area contributed by atoms with Crippen molar-refractivity contribution < 1.29 is 60.6 Å². The number of aliphatic hydroxyl groups is 1. The molecular weight excluding hydrogens is 506 g/mol. The van der Waals surface area contributed by atoms with Crippen LogP contribution in [0.3, 0.4) is 0 Å². The average molecular weight is 523 g/mol. The van der Waals surface area contributed by atoms with Crippen LogP contribution in [0.15, 0.2) is 6.33 Å². The summed E-state index contributed by atoms with van der Waals surface area (Å²) in [5.74, 6) is 0.263. The van der Waals surface area contributed by atoms with Crippen molar-refractivity contribution in [3.05, 3.63) is 12.2 Å². The lowest BCUT2D eigenvalue weighted by atomic mass is 10.1. The minimum atomic E-state index is -5.73. The molecule has 7 N–H and O–H groups in total. The van der Waals surface area contributed by atoms with Gasteiger partial charge in [0.2, 0.25) is 0 Å². The minimum Gasteiger partial charge on any atom is -0.387 e. The maximum atomic E-state index is 14.7. The molecular formula is C11H17FN5O12P3. The lowest BCUT2D eigenvalue weighted by Crippen LogP contribution is -2.31. The van der Waals surface area contributed by atoms with Crippen LogP contribution in [0.5, 0.6) is 0 Å². The summed E-state index contributed by atoms with van der Waals surface area (Å²) in [5, 5.41) is 10.1. The molecule has 3 heterocycles. The van der Waals surface area contributed by atoms with Crippen LogP contribution in [0, 0.1) is 6.92 Å². The van der Waals surface area contributed by atoms with Crippen molar-refractivity contribution in [2.75, 3.05) is 12.3 Å². The highest BCUT2D eigenvalue weighted by atomic mass is 31.3. The fourth-order valence-corrected chi connectivity index (χ4v) is 5.80. The van der Waals surface area contributed by atoms with E-state index in [0.29, 0.717) is 0 Å². The van der Waals surface area contributed by atoms with Gasteiger partial charge in [0, 0.05) is 0 Å². The normalized spacial score (nSPS) is 28.0. The molecule has 180 valence electrons. The topological polar surface area (TPSA) is 259 Å². The summed E-state index contributed by atoms with van der Waals surface area (Å²) in [5.41, 5.74) is 5.96. The van der Waals surface area contributed by atoms with E-state index in [2.05, 4.69) is 28.1 Å². The number of nitrogens with zero attached hydrogens (tertiary/aromatic N) is 4. The lowest BCUT2D eigenvalue weighted by Gasteiger charge is -2.19. The summed E-state index contributed by atoms with van der Waals surface area (Å²) in [6, 6.07) is 0. The number of nitrogen functional groups attached to an aromatic ring is 1. The second-order valence-electron chi connectivity index (χ2n) is 6.37. The number of aryl methyl sites for hydroxylation is 1. The first-order valence-corrected chi connectivity index (χ1v) is 12.8. The number of rotatable bonds is 8. The van der Waals surface area contributed by atoms with E-state index in [1.165, 1.54) is 6.92 Å². The zero-order valence-corrected chi connectivity index (χ0v) is 18.5. The number of phosphoric ester groups is 1. The minimum absolute atomic E-state index is 0.0180. The molecule has 21 heteroatoms. The Balaban J connectivity index is 1.72. The van der Waals surface area contributed by atoms with E-state index in [1.54, 1.807) is 0 Å². The Morgan fingerprint density at radius 2 is 1.84 bits per heavy atom. The van der Waals surface area contributed by atoms with Crippen molar-refractivity contribution in [1.82, 2.24) is 19.5 Å². The van der Waals surface area contributed by atoms with Gasteiger partial charge in [0.1, 0.15) is 23.5 Å². The van der Waals surface area contributed by atoms with Crippen LogP contribution in [0.2, 0.25) is 0 Å². The fraction of sp³-hybridized carbons (Fsp3) is 0.545. The van der Waals surface area contributed by atoms with E-state index in [0.717, 1.165) is 10.9 Å². The van der Waals surface area contributed by atoms with Gasteiger partial charge < -0.3 is 35.2 Å². The Kier molecular flexibility index (Phi) is 6.91. The molecule has 0 spiro atoms. The lowest BCUT2D eigenvalue weighted by molar-refractivity contribution is -0.0450. The number of fused-ring (bicyclic) bond motifs is 1. The SMILES string of the molecule is Cc1nc(N)c2ncn([C@@H]3O[C@H](COP(=O)(O)OP(=O)(O)OP(=O)(O)O)[C@@H](O)[C@@H]3F)c2n1. The standard InChI is InChI=1S/C11H17FN5O12P3/c1-4-15-9(13)7-10(16-4)17(3-14-7)11-6(12)8(18)5(27-11)2-26-31(22,23)29-32(24,25)28-30(19,20)21/h3,5-6,8,11,18H,2H2,1H3,(H,22,23)(H,24,25)(H2,13,15,16)(H2,19,20,21)/t5-,6+,8-,11-/m1/s1. The van der Waals surface area contributed by atoms with Gasteiger partial charge in [-0.1, -0.05) is 0 Å². The van der Waals surface area contributed by atoms with Crippen LogP contribution in [0.25, 0.3) is 11.2 Å². The number of halogens is 1. The van der Waals surface area contributed by atoms with Crippen LogP contribution in [-0.4, -0.2) is 69.2 Å². The number of ether oxygens (including phenoxy) is 1. The highest BCUT2D eigenvalue weighted by molar-refractivity contribution is 7.66. The van der Waals surface area contributed by atoms with Crippen molar-refractivity contribution >= 4 is 40.4 Å². The Morgan fingerprint density at radius 3 is 2.47 bits per heavy atom. The van der Waals surface area contributed by atoms with Crippen molar-refractivity contribution in [2.45, 2.75) is 31.5 Å². The Morgan fingerprint density at radius 1 is 1.19 bits per heavy atom. The number of anilines is 1. The van der Waals surface area contributed by atoms with Crippen molar-refractivity contribution in [3.63, 3.8) is 0 Å². The maximum absolute atomic E-state index is 14.7. The van der Waals surface area contributed by atoms with Crippen LogP contribution >= 0.6 is 23.5 Å². The van der Waals surface area contributed by atoms with E-state index in [-0.39, 0.29) is 22.8 Å². The van der Waals surface area contributed by atoms with Gasteiger partial charge in [0.25, 0.3) is 0 Å². The first kappa shape index (κ1) is 25.2. The molecule has 0 amide bonds. The average Bonchev–Trinajstić information content (AvgIpc) is 3.12. The predicted octanol–water partition coefficient (Wildman–Crippen LogP) is -0.343. The zero-order valence-electron chi connectivity index (χ0n) is 15.8. The smallest absolute Gasteiger partial charge is 0.387 e. The monoisotopic (exact) mass is 523 g/mol. The summed E-state index contributed by atoms with van der Waals surface area (Å²) in [6.07, 6.45) is -5.97. The number of aliphatic hydroxyl groups excluding tert-OH is 1. The van der Waals surface area contributed by atoms with Gasteiger partial charge in [-0.3, -0.25) is 9.09 Å².